The van der Waals surface area contributed by atoms with Gasteiger partial charge in [-0.3, -0.25) is 4.79 Å². The second-order valence-electron chi connectivity index (χ2n) is 5.68. The number of rotatable bonds is 4. The van der Waals surface area contributed by atoms with Crippen molar-refractivity contribution < 1.29 is 13.9 Å². The normalized spacial score (nSPS) is 11.0. The molecule has 0 atom stereocenters. The molecule has 0 aliphatic carbocycles. The first-order valence-electron chi connectivity index (χ1n) is 7.57. The summed E-state index contributed by atoms with van der Waals surface area (Å²) < 4.78 is 11.1. The lowest BCUT2D eigenvalue weighted by atomic mass is 10.1. The molecule has 0 saturated heterocycles. The number of carbonyl (C=O) groups excluding carboxylic acids is 1. The zero-order chi connectivity index (χ0) is 17.3. The van der Waals surface area contributed by atoms with E-state index in [1.54, 1.807) is 43.3 Å². The van der Waals surface area contributed by atoms with Crippen LogP contribution in [0.25, 0.3) is 11.1 Å². The molecule has 1 N–H and O–H groups in total. The van der Waals surface area contributed by atoms with Crippen molar-refractivity contribution in [2.75, 3.05) is 5.32 Å². The maximum absolute atomic E-state index is 12.6. The number of carbonyl (C=O) groups is 1. The molecule has 0 spiro atoms. The SMILES string of the molecule is Cc1nc2cc(NC(=O)c3cc(Cl)ccc3OC(C)C)ccc2o1. The molecule has 24 heavy (non-hydrogen) atoms. The van der Waals surface area contributed by atoms with Crippen LogP contribution >= 0.6 is 11.6 Å². The molecular weight excluding hydrogens is 328 g/mol. The van der Waals surface area contributed by atoms with Gasteiger partial charge in [0.15, 0.2) is 11.5 Å². The van der Waals surface area contributed by atoms with Crippen molar-refractivity contribution in [2.45, 2.75) is 26.9 Å². The summed E-state index contributed by atoms with van der Waals surface area (Å²) in [5.74, 6) is 0.772. The maximum atomic E-state index is 12.6. The molecule has 0 radical (unpaired) electrons. The van der Waals surface area contributed by atoms with E-state index in [1.807, 2.05) is 13.8 Å². The number of benzene rings is 2. The Labute approximate surface area is 144 Å². The second-order valence-corrected chi connectivity index (χ2v) is 6.11. The molecule has 0 aliphatic rings. The topological polar surface area (TPSA) is 64.4 Å². The quantitative estimate of drug-likeness (QED) is 0.736. The largest absolute Gasteiger partial charge is 0.490 e. The van der Waals surface area contributed by atoms with Crippen LogP contribution < -0.4 is 10.1 Å². The first-order valence-corrected chi connectivity index (χ1v) is 7.95. The first-order chi connectivity index (χ1) is 11.4. The first kappa shape index (κ1) is 16.3. The number of nitrogens with zero attached hydrogens (tertiary/aromatic N) is 1. The standard InChI is InChI=1S/C18H17ClN2O3/c1-10(2)23-16-6-4-12(19)8-14(16)18(22)21-13-5-7-17-15(9-13)20-11(3)24-17/h4-10H,1-3H3,(H,21,22). The van der Waals surface area contributed by atoms with Crippen molar-refractivity contribution in [1.29, 1.82) is 0 Å². The van der Waals surface area contributed by atoms with Crippen LogP contribution in [0.5, 0.6) is 5.75 Å². The molecule has 0 saturated carbocycles. The van der Waals surface area contributed by atoms with E-state index in [0.717, 1.165) is 0 Å². The van der Waals surface area contributed by atoms with Crippen molar-refractivity contribution in [3.63, 3.8) is 0 Å². The number of halogens is 1. The predicted octanol–water partition coefficient (Wildman–Crippen LogP) is 4.83. The third kappa shape index (κ3) is 3.51. The Morgan fingerprint density at radius 2 is 2.04 bits per heavy atom. The number of fused-ring (bicyclic) bond motifs is 1. The summed E-state index contributed by atoms with van der Waals surface area (Å²) in [7, 11) is 0. The van der Waals surface area contributed by atoms with Gasteiger partial charge < -0.3 is 14.5 Å². The molecule has 0 fully saturated rings. The van der Waals surface area contributed by atoms with Crippen molar-refractivity contribution in [3.05, 3.63) is 52.9 Å². The number of oxazole rings is 1. The highest BCUT2D eigenvalue weighted by atomic mass is 35.5. The number of hydrogen-bond donors (Lipinski definition) is 1. The average molecular weight is 345 g/mol. The Morgan fingerprint density at radius 1 is 1.25 bits per heavy atom. The number of amides is 1. The molecule has 2 aromatic carbocycles. The Hall–Kier alpha value is -2.53. The van der Waals surface area contributed by atoms with Crippen LogP contribution in [0.15, 0.2) is 40.8 Å². The fraction of sp³-hybridized carbons (Fsp3) is 0.222. The molecule has 0 unspecified atom stereocenters. The van der Waals surface area contributed by atoms with Crippen LogP contribution in [0.2, 0.25) is 5.02 Å². The lowest BCUT2D eigenvalue weighted by molar-refractivity contribution is 0.102. The molecule has 6 heteroatoms. The van der Waals surface area contributed by atoms with Crippen LogP contribution in [-0.2, 0) is 0 Å². The summed E-state index contributed by atoms with van der Waals surface area (Å²) in [4.78, 5) is 16.9. The number of aryl methyl sites for hydroxylation is 1. The zero-order valence-corrected chi connectivity index (χ0v) is 14.3. The van der Waals surface area contributed by atoms with E-state index in [1.165, 1.54) is 0 Å². The molecule has 1 aromatic heterocycles. The lowest BCUT2D eigenvalue weighted by Crippen LogP contribution is -2.15. The van der Waals surface area contributed by atoms with Gasteiger partial charge >= 0.3 is 0 Å². The van der Waals surface area contributed by atoms with Crippen molar-refractivity contribution in [2.24, 2.45) is 0 Å². The molecule has 0 bridgehead atoms. The summed E-state index contributed by atoms with van der Waals surface area (Å²) >= 11 is 6.02. The minimum absolute atomic E-state index is 0.0489. The number of ether oxygens (including phenoxy) is 1. The highest BCUT2D eigenvalue weighted by Gasteiger charge is 2.15. The Kier molecular flexibility index (Phi) is 4.44. The van der Waals surface area contributed by atoms with Crippen molar-refractivity contribution in [3.8, 4) is 5.75 Å². The fourth-order valence-corrected chi connectivity index (χ4v) is 2.53. The monoisotopic (exact) mass is 344 g/mol. The Balaban J connectivity index is 1.89. The average Bonchev–Trinajstić information content (AvgIpc) is 2.88. The Morgan fingerprint density at radius 3 is 2.79 bits per heavy atom. The summed E-state index contributed by atoms with van der Waals surface area (Å²) in [6.45, 7) is 5.58. The van der Waals surface area contributed by atoms with Crippen LogP contribution in [0.1, 0.15) is 30.1 Å². The number of anilines is 1. The van der Waals surface area contributed by atoms with Crippen LogP contribution in [-0.4, -0.2) is 17.0 Å². The van der Waals surface area contributed by atoms with E-state index >= 15 is 0 Å². The summed E-state index contributed by atoms with van der Waals surface area (Å²) in [6.07, 6.45) is -0.0489. The minimum Gasteiger partial charge on any atom is -0.490 e. The van der Waals surface area contributed by atoms with Crippen LogP contribution in [0, 0.1) is 6.92 Å². The maximum Gasteiger partial charge on any atom is 0.259 e. The molecule has 1 heterocycles. The van der Waals surface area contributed by atoms with E-state index in [9.17, 15) is 4.79 Å². The lowest BCUT2D eigenvalue weighted by Gasteiger charge is -2.14. The molecule has 0 aliphatic heterocycles. The van der Waals surface area contributed by atoms with Gasteiger partial charge in [0.2, 0.25) is 0 Å². The summed E-state index contributed by atoms with van der Waals surface area (Å²) in [5.41, 5.74) is 2.37. The number of hydrogen-bond acceptors (Lipinski definition) is 4. The van der Waals surface area contributed by atoms with E-state index < -0.39 is 0 Å². The molecule has 5 nitrogen and oxygen atoms in total. The smallest absolute Gasteiger partial charge is 0.259 e. The van der Waals surface area contributed by atoms with Crippen LogP contribution in [0.3, 0.4) is 0 Å². The molecule has 1 amide bonds. The zero-order valence-electron chi connectivity index (χ0n) is 13.6. The third-order valence-corrected chi connectivity index (χ3v) is 3.54. The van der Waals surface area contributed by atoms with Gasteiger partial charge in [-0.2, -0.15) is 0 Å². The number of aromatic nitrogens is 1. The highest BCUT2D eigenvalue weighted by Crippen LogP contribution is 2.26. The van der Waals surface area contributed by atoms with E-state index in [-0.39, 0.29) is 12.0 Å². The molecule has 3 aromatic rings. The van der Waals surface area contributed by atoms with E-state index in [2.05, 4.69) is 10.3 Å². The third-order valence-electron chi connectivity index (χ3n) is 3.30. The minimum atomic E-state index is -0.298. The number of nitrogens with one attached hydrogen (secondary N) is 1. The van der Waals surface area contributed by atoms with Crippen LogP contribution in [0.4, 0.5) is 5.69 Å². The molecule has 3 rings (SSSR count). The Bertz CT molecular complexity index is 902. The summed E-state index contributed by atoms with van der Waals surface area (Å²) in [6, 6.07) is 10.3. The summed E-state index contributed by atoms with van der Waals surface area (Å²) in [5, 5.41) is 3.31. The van der Waals surface area contributed by atoms with Gasteiger partial charge in [0.1, 0.15) is 11.3 Å². The van der Waals surface area contributed by atoms with Crippen molar-refractivity contribution >= 4 is 34.3 Å². The molecule has 124 valence electrons. The van der Waals surface area contributed by atoms with Gasteiger partial charge in [0, 0.05) is 17.6 Å². The van der Waals surface area contributed by atoms with Gasteiger partial charge in [-0.25, -0.2) is 4.98 Å². The molecular formula is C18H17ClN2O3. The van der Waals surface area contributed by atoms with E-state index in [4.69, 9.17) is 20.8 Å². The fourth-order valence-electron chi connectivity index (χ4n) is 2.36. The van der Waals surface area contributed by atoms with Gasteiger partial charge in [-0.15, -0.1) is 0 Å². The van der Waals surface area contributed by atoms with Gasteiger partial charge in [0.25, 0.3) is 5.91 Å². The predicted molar refractivity (Wildman–Crippen MR) is 93.9 cm³/mol. The van der Waals surface area contributed by atoms with Gasteiger partial charge in [-0.1, -0.05) is 11.6 Å². The highest BCUT2D eigenvalue weighted by molar-refractivity contribution is 6.31. The van der Waals surface area contributed by atoms with Crippen molar-refractivity contribution in [1.82, 2.24) is 4.98 Å². The van der Waals surface area contributed by atoms with Gasteiger partial charge in [0.05, 0.1) is 11.7 Å². The second kappa shape index (κ2) is 6.53. The van der Waals surface area contributed by atoms with E-state index in [0.29, 0.717) is 39.0 Å². The van der Waals surface area contributed by atoms with Gasteiger partial charge in [-0.05, 0) is 50.2 Å².